The number of nitrogens with zero attached hydrogens (tertiary/aromatic N) is 2. The van der Waals surface area contributed by atoms with Gasteiger partial charge in [0, 0.05) is 31.5 Å². The summed E-state index contributed by atoms with van der Waals surface area (Å²) in [6.45, 7) is 4.43. The van der Waals surface area contributed by atoms with Gasteiger partial charge in [-0.3, -0.25) is 4.68 Å². The van der Waals surface area contributed by atoms with Gasteiger partial charge in [0.1, 0.15) is 0 Å². The molecule has 0 spiro atoms. The van der Waals surface area contributed by atoms with Crippen molar-refractivity contribution in [2.24, 2.45) is 5.41 Å². The van der Waals surface area contributed by atoms with E-state index in [0.717, 1.165) is 18.4 Å². The summed E-state index contributed by atoms with van der Waals surface area (Å²) >= 11 is 0. The van der Waals surface area contributed by atoms with Gasteiger partial charge < -0.3 is 10.1 Å². The number of hydrogen-bond acceptors (Lipinski definition) is 2. The number of aliphatic hydroxyl groups is 1. The summed E-state index contributed by atoms with van der Waals surface area (Å²) in [7, 11) is 4.04. The van der Waals surface area contributed by atoms with Gasteiger partial charge in [0.2, 0.25) is 0 Å². The number of fused-ring (bicyclic) bond motifs is 1. The van der Waals surface area contributed by atoms with Gasteiger partial charge in [0.05, 0.1) is 6.10 Å². The van der Waals surface area contributed by atoms with E-state index in [1.54, 1.807) is 0 Å². The van der Waals surface area contributed by atoms with Crippen molar-refractivity contribution in [2.75, 3.05) is 19.1 Å². The minimum Gasteiger partial charge on any atom is -0.388 e. The molecule has 2 rings (SSSR count). The molecule has 0 fully saturated rings. The predicted molar refractivity (Wildman–Crippen MR) is 61.6 cm³/mol. The van der Waals surface area contributed by atoms with E-state index in [2.05, 4.69) is 18.5 Å². The quantitative estimate of drug-likeness (QED) is 0.760. The molecule has 3 heteroatoms. The first-order valence-corrected chi connectivity index (χ1v) is 5.46. The molecule has 15 heavy (non-hydrogen) atoms. The van der Waals surface area contributed by atoms with Crippen LogP contribution in [0.4, 0.5) is 0 Å². The highest BCUT2D eigenvalue weighted by Crippen LogP contribution is 2.40. The SMILES string of the molecule is CN(C)n1ccc2c1CC(C)(C)CC2O. The van der Waals surface area contributed by atoms with Crippen LogP contribution in [0.3, 0.4) is 0 Å². The second-order valence-corrected chi connectivity index (χ2v) is 5.47. The Bertz CT molecular complexity index is 352. The minimum atomic E-state index is -0.301. The highest BCUT2D eigenvalue weighted by molar-refractivity contribution is 5.30. The molecule has 84 valence electrons. The van der Waals surface area contributed by atoms with Crippen LogP contribution in [0.15, 0.2) is 12.3 Å². The number of hydrogen-bond donors (Lipinski definition) is 1. The van der Waals surface area contributed by atoms with Crippen molar-refractivity contribution >= 4 is 0 Å². The largest absolute Gasteiger partial charge is 0.388 e. The van der Waals surface area contributed by atoms with Crippen LogP contribution in [0.2, 0.25) is 0 Å². The summed E-state index contributed by atoms with van der Waals surface area (Å²) in [4.78, 5) is 0. The standard InChI is InChI=1S/C12H20N2O/c1-12(2)7-10-9(11(15)8-12)5-6-14(10)13(3)4/h5-6,11,15H,7-8H2,1-4H3. The van der Waals surface area contributed by atoms with Crippen LogP contribution < -0.4 is 5.01 Å². The molecule has 1 aromatic heterocycles. The Kier molecular flexibility index (Phi) is 2.30. The van der Waals surface area contributed by atoms with Crippen molar-refractivity contribution in [1.29, 1.82) is 0 Å². The lowest BCUT2D eigenvalue weighted by Gasteiger charge is -2.34. The summed E-state index contributed by atoms with van der Waals surface area (Å²) in [6, 6.07) is 2.04. The summed E-state index contributed by atoms with van der Waals surface area (Å²) in [5, 5.41) is 12.1. The van der Waals surface area contributed by atoms with Crippen molar-refractivity contribution < 1.29 is 5.11 Å². The first-order valence-electron chi connectivity index (χ1n) is 5.46. The van der Waals surface area contributed by atoms with Gasteiger partial charge in [-0.05, 0) is 24.3 Å². The molecular formula is C12H20N2O. The molecule has 1 heterocycles. The Morgan fingerprint density at radius 3 is 2.73 bits per heavy atom. The van der Waals surface area contributed by atoms with Gasteiger partial charge in [0.25, 0.3) is 0 Å². The van der Waals surface area contributed by atoms with Crippen LogP contribution in [-0.4, -0.2) is 23.9 Å². The van der Waals surface area contributed by atoms with Crippen molar-refractivity contribution in [3.8, 4) is 0 Å². The second kappa shape index (κ2) is 3.27. The average molecular weight is 208 g/mol. The van der Waals surface area contributed by atoms with E-state index in [4.69, 9.17) is 0 Å². The molecule has 1 atom stereocenters. The smallest absolute Gasteiger partial charge is 0.0813 e. The molecule has 1 N–H and O–H groups in total. The third-order valence-electron chi connectivity index (χ3n) is 3.19. The molecule has 0 saturated carbocycles. The third-order valence-corrected chi connectivity index (χ3v) is 3.19. The Morgan fingerprint density at radius 2 is 2.13 bits per heavy atom. The normalized spacial score (nSPS) is 23.7. The fraction of sp³-hybridized carbons (Fsp3) is 0.667. The van der Waals surface area contributed by atoms with E-state index in [-0.39, 0.29) is 11.5 Å². The summed E-state index contributed by atoms with van der Waals surface area (Å²) in [5.41, 5.74) is 2.55. The van der Waals surface area contributed by atoms with Gasteiger partial charge in [0.15, 0.2) is 0 Å². The molecule has 1 aliphatic rings. The van der Waals surface area contributed by atoms with Gasteiger partial charge in [-0.1, -0.05) is 13.8 Å². The first kappa shape index (κ1) is 10.6. The Balaban J connectivity index is 2.45. The Hall–Kier alpha value is -0.960. The van der Waals surface area contributed by atoms with Crippen LogP contribution >= 0.6 is 0 Å². The molecule has 0 aliphatic heterocycles. The maximum absolute atomic E-state index is 10.1. The fourth-order valence-corrected chi connectivity index (χ4v) is 2.49. The lowest BCUT2D eigenvalue weighted by Crippen LogP contribution is -2.32. The zero-order valence-electron chi connectivity index (χ0n) is 9.99. The van der Waals surface area contributed by atoms with Crippen molar-refractivity contribution in [2.45, 2.75) is 32.8 Å². The van der Waals surface area contributed by atoms with Gasteiger partial charge in [-0.2, -0.15) is 0 Å². The number of rotatable bonds is 1. The van der Waals surface area contributed by atoms with Gasteiger partial charge in [-0.25, -0.2) is 0 Å². The topological polar surface area (TPSA) is 28.4 Å². The lowest BCUT2D eigenvalue weighted by atomic mass is 9.75. The van der Waals surface area contributed by atoms with Crippen LogP contribution in [-0.2, 0) is 6.42 Å². The average Bonchev–Trinajstić information content (AvgIpc) is 2.45. The van der Waals surface area contributed by atoms with E-state index < -0.39 is 0 Å². The monoisotopic (exact) mass is 208 g/mol. The van der Waals surface area contributed by atoms with E-state index >= 15 is 0 Å². The molecule has 1 unspecified atom stereocenters. The number of aliphatic hydroxyl groups excluding tert-OH is 1. The van der Waals surface area contributed by atoms with Crippen molar-refractivity contribution in [3.05, 3.63) is 23.5 Å². The molecule has 0 amide bonds. The molecule has 3 nitrogen and oxygen atoms in total. The zero-order chi connectivity index (χ0) is 11.2. The number of aromatic nitrogens is 1. The van der Waals surface area contributed by atoms with Gasteiger partial charge in [-0.15, -0.1) is 0 Å². The van der Waals surface area contributed by atoms with Crippen molar-refractivity contribution in [3.63, 3.8) is 0 Å². The maximum Gasteiger partial charge on any atom is 0.0813 e. The second-order valence-electron chi connectivity index (χ2n) is 5.47. The fourth-order valence-electron chi connectivity index (χ4n) is 2.49. The Labute approximate surface area is 91.3 Å². The molecule has 1 aromatic rings. The summed E-state index contributed by atoms with van der Waals surface area (Å²) < 4.78 is 2.12. The highest BCUT2D eigenvalue weighted by Gasteiger charge is 2.33. The molecule has 0 aromatic carbocycles. The summed E-state index contributed by atoms with van der Waals surface area (Å²) in [5.74, 6) is 0. The first-order chi connectivity index (χ1) is 6.91. The molecule has 0 bridgehead atoms. The van der Waals surface area contributed by atoms with Crippen LogP contribution in [0, 0.1) is 5.41 Å². The molecule has 1 aliphatic carbocycles. The van der Waals surface area contributed by atoms with Crippen LogP contribution in [0.5, 0.6) is 0 Å². The van der Waals surface area contributed by atoms with Crippen LogP contribution in [0.1, 0.15) is 37.6 Å². The van der Waals surface area contributed by atoms with E-state index in [0.29, 0.717) is 0 Å². The predicted octanol–water partition coefficient (Wildman–Crippen LogP) is 1.69. The van der Waals surface area contributed by atoms with Crippen LogP contribution in [0.25, 0.3) is 0 Å². The summed E-state index contributed by atoms with van der Waals surface area (Å²) in [6.07, 6.45) is 3.63. The Morgan fingerprint density at radius 1 is 1.47 bits per heavy atom. The minimum absolute atomic E-state index is 0.193. The zero-order valence-corrected chi connectivity index (χ0v) is 9.99. The molecule has 0 radical (unpaired) electrons. The van der Waals surface area contributed by atoms with Crippen molar-refractivity contribution in [1.82, 2.24) is 4.68 Å². The molecule has 0 saturated heterocycles. The van der Waals surface area contributed by atoms with E-state index in [9.17, 15) is 5.11 Å². The maximum atomic E-state index is 10.1. The highest BCUT2D eigenvalue weighted by atomic mass is 16.3. The lowest BCUT2D eigenvalue weighted by molar-refractivity contribution is 0.0980. The molecular weight excluding hydrogens is 188 g/mol. The van der Waals surface area contributed by atoms with E-state index in [1.165, 1.54) is 5.69 Å². The van der Waals surface area contributed by atoms with E-state index in [1.807, 2.05) is 31.4 Å². The third kappa shape index (κ3) is 1.76. The van der Waals surface area contributed by atoms with Gasteiger partial charge >= 0.3 is 0 Å².